The fraction of sp³-hybridized carbons (Fsp3) is 0.0667. The number of carbonyl (C=O) groups excluding carboxylic acids is 1. The summed E-state index contributed by atoms with van der Waals surface area (Å²) >= 11 is 7.12. The number of nitriles is 1. The molecule has 0 fully saturated rings. The molecule has 0 aliphatic rings. The number of thioether (sulfide) groups is 1. The molecular weight excluding hydrogens is 311 g/mol. The Morgan fingerprint density at radius 2 is 2.00 bits per heavy atom. The summed E-state index contributed by atoms with van der Waals surface area (Å²) in [6.07, 6.45) is 0. The quantitative estimate of drug-likeness (QED) is 0.863. The van der Waals surface area contributed by atoms with Crippen molar-refractivity contribution in [2.24, 2.45) is 0 Å². The molecule has 0 spiro atoms. The molecule has 0 aliphatic carbocycles. The predicted molar refractivity (Wildman–Crippen MR) is 81.9 cm³/mol. The van der Waals surface area contributed by atoms with Crippen LogP contribution in [0.1, 0.15) is 5.56 Å². The van der Waals surface area contributed by atoms with Crippen LogP contribution in [0.25, 0.3) is 0 Å². The summed E-state index contributed by atoms with van der Waals surface area (Å²) in [5.41, 5.74) is 0.731. The summed E-state index contributed by atoms with van der Waals surface area (Å²) in [7, 11) is 0. The van der Waals surface area contributed by atoms with Crippen LogP contribution in [0, 0.1) is 17.1 Å². The van der Waals surface area contributed by atoms with Crippen molar-refractivity contribution in [1.29, 1.82) is 5.26 Å². The monoisotopic (exact) mass is 320 g/mol. The molecule has 0 bridgehead atoms. The van der Waals surface area contributed by atoms with E-state index in [1.165, 1.54) is 30.0 Å². The van der Waals surface area contributed by atoms with Crippen LogP contribution in [-0.4, -0.2) is 11.7 Å². The van der Waals surface area contributed by atoms with Gasteiger partial charge in [0.25, 0.3) is 0 Å². The molecule has 106 valence electrons. The van der Waals surface area contributed by atoms with E-state index >= 15 is 0 Å². The summed E-state index contributed by atoms with van der Waals surface area (Å²) in [6, 6.07) is 12.5. The summed E-state index contributed by atoms with van der Waals surface area (Å²) in [4.78, 5) is 12.7. The first kappa shape index (κ1) is 15.4. The van der Waals surface area contributed by atoms with Crippen LogP contribution < -0.4 is 5.32 Å². The van der Waals surface area contributed by atoms with Crippen molar-refractivity contribution < 1.29 is 9.18 Å². The molecule has 0 atom stereocenters. The number of hydrogen-bond acceptors (Lipinski definition) is 3. The Bertz CT molecular complexity index is 698. The molecule has 2 rings (SSSR count). The Morgan fingerprint density at radius 3 is 2.67 bits per heavy atom. The van der Waals surface area contributed by atoms with Crippen LogP contribution in [-0.2, 0) is 4.79 Å². The Kier molecular flexibility index (Phi) is 5.20. The smallest absolute Gasteiger partial charge is 0.234 e. The molecule has 0 saturated carbocycles. The molecule has 1 N–H and O–H groups in total. The minimum atomic E-state index is -0.318. The van der Waals surface area contributed by atoms with E-state index in [4.69, 9.17) is 16.9 Å². The molecule has 2 aromatic carbocycles. The van der Waals surface area contributed by atoms with E-state index in [1.807, 2.05) is 6.07 Å². The van der Waals surface area contributed by atoms with Gasteiger partial charge in [-0.3, -0.25) is 4.79 Å². The van der Waals surface area contributed by atoms with Gasteiger partial charge in [0.2, 0.25) is 5.91 Å². The zero-order valence-corrected chi connectivity index (χ0v) is 12.3. The molecule has 1 amide bonds. The Balaban J connectivity index is 1.97. The van der Waals surface area contributed by atoms with Crippen LogP contribution in [0.4, 0.5) is 10.1 Å². The zero-order chi connectivity index (χ0) is 15.2. The molecule has 3 nitrogen and oxygen atoms in total. The first-order valence-corrected chi connectivity index (χ1v) is 7.33. The van der Waals surface area contributed by atoms with E-state index in [0.29, 0.717) is 16.3 Å². The largest absolute Gasteiger partial charge is 0.324 e. The molecule has 0 saturated heterocycles. The molecule has 0 radical (unpaired) electrons. The maximum atomic E-state index is 12.8. The molecule has 21 heavy (non-hydrogen) atoms. The lowest BCUT2D eigenvalue weighted by molar-refractivity contribution is -0.113. The van der Waals surface area contributed by atoms with Gasteiger partial charge < -0.3 is 5.32 Å². The number of nitrogens with one attached hydrogen (secondary N) is 1. The highest BCUT2D eigenvalue weighted by Gasteiger charge is 2.08. The summed E-state index contributed by atoms with van der Waals surface area (Å²) in [6.45, 7) is 0. The molecular formula is C15H10ClFN2OS. The Morgan fingerprint density at radius 1 is 1.29 bits per heavy atom. The van der Waals surface area contributed by atoms with Crippen LogP contribution in [0.2, 0.25) is 5.02 Å². The van der Waals surface area contributed by atoms with Gasteiger partial charge >= 0.3 is 0 Å². The van der Waals surface area contributed by atoms with Crippen LogP contribution in [0.5, 0.6) is 0 Å². The molecule has 0 aliphatic heterocycles. The summed E-state index contributed by atoms with van der Waals surface area (Å²) < 4.78 is 12.8. The zero-order valence-electron chi connectivity index (χ0n) is 10.8. The van der Waals surface area contributed by atoms with Crippen LogP contribution >= 0.6 is 23.4 Å². The molecule has 2 aromatic rings. The fourth-order valence-corrected chi connectivity index (χ4v) is 2.45. The third kappa shape index (κ3) is 4.48. The standard InChI is InChI=1S/C15H10ClFN2OS/c16-11-2-1-10(8-18)14(7-11)19-15(20)9-21-13-5-3-12(17)4-6-13/h1-7H,9H2,(H,19,20). The number of nitrogens with zero attached hydrogens (tertiary/aromatic N) is 1. The lowest BCUT2D eigenvalue weighted by Gasteiger charge is -2.07. The maximum Gasteiger partial charge on any atom is 0.234 e. The summed E-state index contributed by atoms with van der Waals surface area (Å²) in [5, 5.41) is 12.1. The van der Waals surface area contributed by atoms with Crippen molar-refractivity contribution in [3.8, 4) is 6.07 Å². The number of halogens is 2. The van der Waals surface area contributed by atoms with Crippen molar-refractivity contribution in [3.63, 3.8) is 0 Å². The van der Waals surface area contributed by atoms with Gasteiger partial charge in [0.05, 0.1) is 17.0 Å². The lowest BCUT2D eigenvalue weighted by atomic mass is 10.2. The maximum absolute atomic E-state index is 12.8. The summed E-state index contributed by atoms with van der Waals surface area (Å²) in [5.74, 6) is -0.423. The minimum absolute atomic E-state index is 0.156. The predicted octanol–water partition coefficient (Wildman–Crippen LogP) is 4.08. The van der Waals surface area contributed by atoms with E-state index in [-0.39, 0.29) is 17.5 Å². The van der Waals surface area contributed by atoms with E-state index < -0.39 is 0 Å². The second-order valence-corrected chi connectivity index (χ2v) is 5.58. The number of amides is 1. The van der Waals surface area contributed by atoms with E-state index in [9.17, 15) is 9.18 Å². The van der Waals surface area contributed by atoms with Gasteiger partial charge in [-0.15, -0.1) is 11.8 Å². The lowest BCUT2D eigenvalue weighted by Crippen LogP contribution is -2.14. The highest BCUT2D eigenvalue weighted by Crippen LogP contribution is 2.22. The normalized spacial score (nSPS) is 9.95. The van der Waals surface area contributed by atoms with Gasteiger partial charge in [-0.25, -0.2) is 4.39 Å². The third-order valence-corrected chi connectivity index (χ3v) is 3.81. The Labute approximate surface area is 130 Å². The van der Waals surface area contributed by atoms with E-state index in [1.54, 1.807) is 24.3 Å². The molecule has 6 heteroatoms. The second kappa shape index (κ2) is 7.11. The average Bonchev–Trinajstić information content (AvgIpc) is 2.47. The topological polar surface area (TPSA) is 52.9 Å². The van der Waals surface area contributed by atoms with Gasteiger partial charge in [-0.05, 0) is 42.5 Å². The van der Waals surface area contributed by atoms with Crippen molar-refractivity contribution >= 4 is 35.0 Å². The third-order valence-electron chi connectivity index (χ3n) is 2.56. The SMILES string of the molecule is N#Cc1ccc(Cl)cc1NC(=O)CSc1ccc(F)cc1. The number of anilines is 1. The number of hydrogen-bond donors (Lipinski definition) is 1. The first-order chi connectivity index (χ1) is 10.1. The molecule has 0 heterocycles. The average molecular weight is 321 g/mol. The van der Waals surface area contributed by atoms with Gasteiger partial charge in [0.1, 0.15) is 11.9 Å². The minimum Gasteiger partial charge on any atom is -0.324 e. The van der Waals surface area contributed by atoms with Crippen LogP contribution in [0.15, 0.2) is 47.4 Å². The highest BCUT2D eigenvalue weighted by atomic mass is 35.5. The number of carbonyl (C=O) groups is 1. The van der Waals surface area contributed by atoms with E-state index in [0.717, 1.165) is 4.90 Å². The van der Waals surface area contributed by atoms with Crippen LogP contribution in [0.3, 0.4) is 0 Å². The van der Waals surface area contributed by atoms with Gasteiger partial charge in [-0.1, -0.05) is 11.6 Å². The number of benzene rings is 2. The molecule has 0 unspecified atom stereocenters. The first-order valence-electron chi connectivity index (χ1n) is 5.96. The van der Waals surface area contributed by atoms with Gasteiger partial charge in [-0.2, -0.15) is 5.26 Å². The number of rotatable bonds is 4. The van der Waals surface area contributed by atoms with E-state index in [2.05, 4.69) is 5.32 Å². The van der Waals surface area contributed by atoms with Gasteiger partial charge in [0, 0.05) is 9.92 Å². The fourth-order valence-electron chi connectivity index (χ4n) is 1.58. The van der Waals surface area contributed by atoms with Crippen molar-refractivity contribution in [2.45, 2.75) is 4.90 Å². The van der Waals surface area contributed by atoms with Gasteiger partial charge in [0.15, 0.2) is 0 Å². The van der Waals surface area contributed by atoms with Crippen molar-refractivity contribution in [1.82, 2.24) is 0 Å². The Hall–Kier alpha value is -2.03. The van der Waals surface area contributed by atoms with Crippen molar-refractivity contribution in [2.75, 3.05) is 11.1 Å². The highest BCUT2D eigenvalue weighted by molar-refractivity contribution is 8.00. The van der Waals surface area contributed by atoms with Crippen molar-refractivity contribution in [3.05, 3.63) is 58.9 Å². The molecule has 0 aromatic heterocycles. The second-order valence-electron chi connectivity index (χ2n) is 4.09.